The fourth-order valence-corrected chi connectivity index (χ4v) is 3.81. The van der Waals surface area contributed by atoms with Gasteiger partial charge in [-0.25, -0.2) is 4.98 Å². The minimum atomic E-state index is 0.196. The maximum atomic E-state index is 7.89. The zero-order valence-corrected chi connectivity index (χ0v) is 20.0. The van der Waals surface area contributed by atoms with Crippen LogP contribution in [0.25, 0.3) is 11.4 Å². The first-order chi connectivity index (χ1) is 16.0. The topological polar surface area (TPSA) is 130 Å². The van der Waals surface area contributed by atoms with E-state index in [0.29, 0.717) is 35.2 Å². The molecule has 0 atom stereocenters. The molecule has 0 amide bonds. The Balaban J connectivity index is 0.00000149. The number of aryl methyl sites for hydroxylation is 1. The van der Waals surface area contributed by atoms with Gasteiger partial charge in [0.25, 0.3) is 0 Å². The summed E-state index contributed by atoms with van der Waals surface area (Å²) in [5.41, 5.74) is 10.8. The summed E-state index contributed by atoms with van der Waals surface area (Å²) < 4.78 is 6.73. The average Bonchev–Trinajstić information content (AvgIpc) is 3.27. The van der Waals surface area contributed by atoms with Crippen molar-refractivity contribution < 1.29 is 4.74 Å². The van der Waals surface area contributed by atoms with Gasteiger partial charge in [0.05, 0.1) is 12.7 Å². The van der Waals surface area contributed by atoms with Crippen LogP contribution in [0.15, 0.2) is 18.3 Å². The predicted octanol–water partition coefficient (Wildman–Crippen LogP) is 2.91. The zero-order valence-electron chi connectivity index (χ0n) is 20.0. The SMILES string of the molecule is C/C=C(\OC)c1nc2c(C=N)c(NCCN3CCc4ncc(C)cc4C3)nc(N)n2n1.CC. The number of methoxy groups -OCH3 is 1. The van der Waals surface area contributed by atoms with Crippen LogP contribution in [-0.4, -0.2) is 62.4 Å². The molecule has 0 aromatic carbocycles. The number of nitrogen functional groups attached to an aromatic ring is 1. The highest BCUT2D eigenvalue weighted by Crippen LogP contribution is 2.22. The number of anilines is 2. The number of nitrogens with one attached hydrogen (secondary N) is 2. The molecule has 10 heteroatoms. The number of aromatic nitrogens is 5. The van der Waals surface area contributed by atoms with Crippen LogP contribution in [0.2, 0.25) is 0 Å². The van der Waals surface area contributed by atoms with E-state index in [2.05, 4.69) is 43.3 Å². The summed E-state index contributed by atoms with van der Waals surface area (Å²) in [6.45, 7) is 11.3. The van der Waals surface area contributed by atoms with Gasteiger partial charge in [-0.05, 0) is 31.1 Å². The average molecular weight is 452 g/mol. The third-order valence-corrected chi connectivity index (χ3v) is 5.37. The Morgan fingerprint density at radius 1 is 1.33 bits per heavy atom. The molecule has 33 heavy (non-hydrogen) atoms. The monoisotopic (exact) mass is 451 g/mol. The molecule has 4 N–H and O–H groups in total. The molecular weight excluding hydrogens is 418 g/mol. The number of hydrogen-bond acceptors (Lipinski definition) is 9. The number of fused-ring (bicyclic) bond motifs is 2. The first-order valence-electron chi connectivity index (χ1n) is 11.2. The van der Waals surface area contributed by atoms with Crippen LogP contribution in [0.5, 0.6) is 0 Å². The first-order valence-corrected chi connectivity index (χ1v) is 11.2. The van der Waals surface area contributed by atoms with E-state index in [4.69, 9.17) is 15.9 Å². The van der Waals surface area contributed by atoms with Gasteiger partial charge in [-0.2, -0.15) is 9.50 Å². The summed E-state index contributed by atoms with van der Waals surface area (Å²) in [6, 6.07) is 2.22. The molecule has 0 radical (unpaired) electrons. The lowest BCUT2D eigenvalue weighted by Crippen LogP contribution is -2.35. The highest BCUT2D eigenvalue weighted by molar-refractivity contribution is 5.93. The third-order valence-electron chi connectivity index (χ3n) is 5.37. The van der Waals surface area contributed by atoms with E-state index < -0.39 is 0 Å². The second-order valence-electron chi connectivity index (χ2n) is 7.48. The van der Waals surface area contributed by atoms with E-state index >= 15 is 0 Å². The van der Waals surface area contributed by atoms with Crippen LogP contribution in [0, 0.1) is 12.3 Å². The lowest BCUT2D eigenvalue weighted by molar-refractivity contribution is 0.261. The summed E-state index contributed by atoms with van der Waals surface area (Å²) in [4.78, 5) is 15.9. The quantitative estimate of drug-likeness (QED) is 0.369. The molecule has 3 aromatic rings. The van der Waals surface area contributed by atoms with Gasteiger partial charge < -0.3 is 21.2 Å². The van der Waals surface area contributed by atoms with Crippen molar-refractivity contribution >= 4 is 29.4 Å². The molecule has 0 unspecified atom stereocenters. The number of pyridine rings is 1. The van der Waals surface area contributed by atoms with Crippen molar-refractivity contribution in [2.45, 2.75) is 40.7 Å². The molecule has 1 aliphatic rings. The number of allylic oxidation sites excluding steroid dienone is 1. The van der Waals surface area contributed by atoms with Gasteiger partial charge in [-0.3, -0.25) is 9.88 Å². The van der Waals surface area contributed by atoms with Crippen LogP contribution in [-0.2, 0) is 17.7 Å². The van der Waals surface area contributed by atoms with Gasteiger partial charge in [0.15, 0.2) is 11.4 Å². The largest absolute Gasteiger partial charge is 0.493 e. The molecule has 0 fully saturated rings. The summed E-state index contributed by atoms with van der Waals surface area (Å²) in [5.74, 6) is 1.65. The van der Waals surface area contributed by atoms with E-state index in [0.717, 1.165) is 26.1 Å². The summed E-state index contributed by atoms with van der Waals surface area (Å²) in [7, 11) is 1.56. The zero-order chi connectivity index (χ0) is 24.0. The maximum absolute atomic E-state index is 7.89. The second kappa shape index (κ2) is 10.9. The lowest BCUT2D eigenvalue weighted by atomic mass is 10.0. The van der Waals surface area contributed by atoms with Crippen molar-refractivity contribution in [2.24, 2.45) is 0 Å². The van der Waals surface area contributed by atoms with Crippen molar-refractivity contribution in [1.82, 2.24) is 29.5 Å². The smallest absolute Gasteiger partial charge is 0.225 e. The fraction of sp³-hybridized carbons (Fsp3) is 0.435. The molecule has 3 aromatic heterocycles. The highest BCUT2D eigenvalue weighted by atomic mass is 16.5. The third kappa shape index (κ3) is 5.11. The Bertz CT molecular complexity index is 1150. The van der Waals surface area contributed by atoms with Crippen molar-refractivity contribution in [3.8, 4) is 0 Å². The van der Waals surface area contributed by atoms with Crippen molar-refractivity contribution in [3.05, 3.63) is 46.5 Å². The van der Waals surface area contributed by atoms with Gasteiger partial charge in [0, 0.05) is 50.7 Å². The van der Waals surface area contributed by atoms with Gasteiger partial charge in [0.1, 0.15) is 5.82 Å². The lowest BCUT2D eigenvalue weighted by Gasteiger charge is -2.28. The molecule has 10 nitrogen and oxygen atoms in total. The number of ether oxygens (including phenoxy) is 1. The molecule has 1 aliphatic heterocycles. The van der Waals surface area contributed by atoms with Gasteiger partial charge >= 0.3 is 0 Å². The second-order valence-corrected chi connectivity index (χ2v) is 7.48. The van der Waals surface area contributed by atoms with Crippen LogP contribution in [0.1, 0.15) is 49.0 Å². The fourth-order valence-electron chi connectivity index (χ4n) is 3.81. The number of rotatable bonds is 7. The molecule has 0 aliphatic carbocycles. The normalized spacial score (nSPS) is 13.8. The van der Waals surface area contributed by atoms with E-state index in [1.54, 1.807) is 13.2 Å². The van der Waals surface area contributed by atoms with E-state index in [1.807, 2.05) is 27.0 Å². The molecule has 0 bridgehead atoms. The molecule has 176 valence electrons. The predicted molar refractivity (Wildman–Crippen MR) is 132 cm³/mol. The van der Waals surface area contributed by atoms with E-state index in [-0.39, 0.29) is 5.95 Å². The molecular formula is C23H33N9O. The Morgan fingerprint density at radius 2 is 2.12 bits per heavy atom. The minimum Gasteiger partial charge on any atom is -0.493 e. The van der Waals surface area contributed by atoms with Crippen molar-refractivity contribution in [2.75, 3.05) is 37.8 Å². The van der Waals surface area contributed by atoms with Crippen molar-refractivity contribution in [3.63, 3.8) is 0 Å². The van der Waals surface area contributed by atoms with Crippen LogP contribution in [0.4, 0.5) is 11.8 Å². The van der Waals surface area contributed by atoms with E-state index in [1.165, 1.54) is 27.6 Å². The Morgan fingerprint density at radius 3 is 2.82 bits per heavy atom. The number of hydrogen-bond donors (Lipinski definition) is 3. The van der Waals surface area contributed by atoms with Crippen LogP contribution >= 0.6 is 0 Å². The number of nitrogens with two attached hydrogens (primary N) is 1. The Hall–Kier alpha value is -3.53. The maximum Gasteiger partial charge on any atom is 0.225 e. The first kappa shape index (κ1) is 24.1. The molecule has 0 saturated heterocycles. The summed E-state index contributed by atoms with van der Waals surface area (Å²) in [5, 5.41) is 15.6. The summed E-state index contributed by atoms with van der Waals surface area (Å²) in [6.07, 6.45) is 5.88. The van der Waals surface area contributed by atoms with Crippen LogP contribution < -0.4 is 11.1 Å². The minimum absolute atomic E-state index is 0.196. The van der Waals surface area contributed by atoms with Crippen LogP contribution in [0.3, 0.4) is 0 Å². The highest BCUT2D eigenvalue weighted by Gasteiger charge is 2.19. The standard InChI is InChI=1S/C21H27N9O.C2H6/c1-4-17(31-3)19-26-20-15(10-22)18(27-21(23)30(20)28-19)24-6-8-29-7-5-16-14(12-29)9-13(2)11-25-16;1-2/h4,9-11,22,24H,5-8,12H2,1-3H3,(H2,23,27);1-2H3/b17-4-,22-10?;. The molecule has 0 saturated carbocycles. The van der Waals surface area contributed by atoms with Gasteiger partial charge in [0.2, 0.25) is 11.8 Å². The molecule has 0 spiro atoms. The summed E-state index contributed by atoms with van der Waals surface area (Å²) >= 11 is 0. The van der Waals surface area contributed by atoms with Gasteiger partial charge in [-0.15, -0.1) is 5.10 Å². The van der Waals surface area contributed by atoms with Crippen molar-refractivity contribution in [1.29, 1.82) is 5.41 Å². The Labute approximate surface area is 194 Å². The Kier molecular flexibility index (Phi) is 7.94. The van der Waals surface area contributed by atoms with Gasteiger partial charge in [-0.1, -0.05) is 19.9 Å². The molecule has 4 rings (SSSR count). The molecule has 4 heterocycles. The number of nitrogens with zero attached hydrogens (tertiary/aromatic N) is 6. The van der Waals surface area contributed by atoms with E-state index in [9.17, 15) is 0 Å².